The van der Waals surface area contributed by atoms with Crippen molar-refractivity contribution < 1.29 is 31.1 Å². The first-order valence-electron chi connectivity index (χ1n) is 8.07. The SMILES string of the molecule is Nc1ccc(Oc2ccccc2-c2ccc(Cl)cc2C(F)(F)F)c(C(F)(F)F)c1. The van der Waals surface area contributed by atoms with E-state index in [1.54, 1.807) is 0 Å². The van der Waals surface area contributed by atoms with Crippen LogP contribution in [0.1, 0.15) is 11.1 Å². The van der Waals surface area contributed by atoms with Gasteiger partial charge in [0.15, 0.2) is 0 Å². The van der Waals surface area contributed by atoms with Crippen LogP contribution < -0.4 is 10.5 Å². The molecule has 152 valence electrons. The predicted octanol–water partition coefficient (Wildman–Crippen LogP) is 7.42. The summed E-state index contributed by atoms with van der Waals surface area (Å²) in [4.78, 5) is 0. The summed E-state index contributed by atoms with van der Waals surface area (Å²) in [5, 5.41) is -0.127. The summed E-state index contributed by atoms with van der Waals surface area (Å²) in [6, 6.07) is 11.5. The highest BCUT2D eigenvalue weighted by atomic mass is 35.5. The molecule has 0 aromatic heterocycles. The van der Waals surface area contributed by atoms with Gasteiger partial charge in [0.05, 0.1) is 5.56 Å². The van der Waals surface area contributed by atoms with Gasteiger partial charge >= 0.3 is 12.4 Å². The average Bonchev–Trinajstić information content (AvgIpc) is 2.62. The van der Waals surface area contributed by atoms with Gasteiger partial charge in [0.2, 0.25) is 0 Å². The van der Waals surface area contributed by atoms with Crippen molar-refractivity contribution in [2.45, 2.75) is 12.4 Å². The molecule has 0 heterocycles. The molecule has 0 unspecified atom stereocenters. The number of halogens is 7. The molecule has 0 bridgehead atoms. The minimum atomic E-state index is -4.77. The van der Waals surface area contributed by atoms with E-state index in [2.05, 4.69) is 0 Å². The topological polar surface area (TPSA) is 35.2 Å². The van der Waals surface area contributed by atoms with Crippen LogP contribution in [0, 0.1) is 0 Å². The number of hydrogen-bond donors (Lipinski definition) is 1. The number of nitrogen functional groups attached to an aromatic ring is 1. The number of hydrogen-bond acceptors (Lipinski definition) is 2. The highest BCUT2D eigenvalue weighted by molar-refractivity contribution is 6.30. The Bertz CT molecular complexity index is 1050. The van der Waals surface area contributed by atoms with Crippen molar-refractivity contribution >= 4 is 17.3 Å². The Labute approximate surface area is 166 Å². The fourth-order valence-electron chi connectivity index (χ4n) is 2.74. The zero-order valence-electron chi connectivity index (χ0n) is 14.4. The smallest absolute Gasteiger partial charge is 0.420 e. The van der Waals surface area contributed by atoms with Crippen molar-refractivity contribution in [3.8, 4) is 22.6 Å². The molecule has 3 aromatic rings. The maximum Gasteiger partial charge on any atom is 0.420 e. The number of benzene rings is 3. The van der Waals surface area contributed by atoms with Gasteiger partial charge in [0.1, 0.15) is 17.1 Å². The lowest BCUT2D eigenvalue weighted by Crippen LogP contribution is -2.09. The zero-order valence-corrected chi connectivity index (χ0v) is 15.2. The number of nitrogens with two attached hydrogens (primary N) is 1. The van der Waals surface area contributed by atoms with Gasteiger partial charge in [-0.15, -0.1) is 0 Å². The third-order valence-electron chi connectivity index (χ3n) is 3.99. The van der Waals surface area contributed by atoms with Crippen molar-refractivity contribution in [3.63, 3.8) is 0 Å². The maximum atomic E-state index is 13.5. The Balaban J connectivity index is 2.15. The van der Waals surface area contributed by atoms with E-state index in [0.717, 1.165) is 18.2 Å². The van der Waals surface area contributed by atoms with Gasteiger partial charge in [-0.05, 0) is 42.0 Å². The van der Waals surface area contributed by atoms with E-state index >= 15 is 0 Å². The fraction of sp³-hybridized carbons (Fsp3) is 0.100. The summed E-state index contributed by atoms with van der Waals surface area (Å²) in [6.45, 7) is 0. The minimum absolute atomic E-state index is 0.0403. The molecule has 0 aliphatic heterocycles. The van der Waals surface area contributed by atoms with Gasteiger partial charge in [-0.25, -0.2) is 0 Å². The van der Waals surface area contributed by atoms with Gasteiger partial charge in [-0.3, -0.25) is 0 Å². The standard InChI is InChI=1S/C20H12ClF6NO/c21-11-5-7-13(15(9-11)19(22,23)24)14-3-1-2-4-17(14)29-18-8-6-12(28)10-16(18)20(25,26)27/h1-10H,28H2. The minimum Gasteiger partial charge on any atom is -0.456 e. The molecule has 0 amide bonds. The normalized spacial score (nSPS) is 12.1. The predicted molar refractivity (Wildman–Crippen MR) is 97.8 cm³/mol. The Morgan fingerprint density at radius 3 is 2.00 bits per heavy atom. The lowest BCUT2D eigenvalue weighted by atomic mass is 9.98. The van der Waals surface area contributed by atoms with E-state index in [4.69, 9.17) is 22.1 Å². The molecular weight excluding hydrogens is 420 g/mol. The molecule has 29 heavy (non-hydrogen) atoms. The average molecular weight is 432 g/mol. The van der Waals surface area contributed by atoms with E-state index in [1.165, 1.54) is 36.4 Å². The molecule has 2 N–H and O–H groups in total. The molecule has 0 fully saturated rings. The summed E-state index contributed by atoms with van der Waals surface area (Å²) in [6.07, 6.45) is -9.50. The first kappa shape index (κ1) is 20.9. The van der Waals surface area contributed by atoms with E-state index < -0.39 is 29.2 Å². The van der Waals surface area contributed by atoms with E-state index in [9.17, 15) is 26.3 Å². The zero-order chi connectivity index (χ0) is 21.4. The molecule has 9 heteroatoms. The molecule has 0 saturated carbocycles. The third kappa shape index (κ3) is 4.59. The highest BCUT2D eigenvalue weighted by Gasteiger charge is 2.36. The number of alkyl halides is 6. The van der Waals surface area contributed by atoms with Crippen molar-refractivity contribution in [1.29, 1.82) is 0 Å². The fourth-order valence-corrected chi connectivity index (χ4v) is 2.91. The quantitative estimate of drug-likeness (QED) is 0.346. The van der Waals surface area contributed by atoms with Crippen molar-refractivity contribution in [2.24, 2.45) is 0 Å². The molecule has 0 aliphatic carbocycles. The second-order valence-electron chi connectivity index (χ2n) is 6.04. The lowest BCUT2D eigenvalue weighted by Gasteiger charge is -2.18. The molecule has 0 atom stereocenters. The van der Waals surface area contributed by atoms with Gasteiger partial charge in [0.25, 0.3) is 0 Å². The second-order valence-corrected chi connectivity index (χ2v) is 6.48. The van der Waals surface area contributed by atoms with E-state index in [-0.39, 0.29) is 27.6 Å². The van der Waals surface area contributed by atoms with Crippen LogP contribution in [0.25, 0.3) is 11.1 Å². The Morgan fingerprint density at radius 2 is 1.34 bits per heavy atom. The first-order chi connectivity index (χ1) is 13.5. The Hall–Kier alpha value is -2.87. The number of ether oxygens (including phenoxy) is 1. The lowest BCUT2D eigenvalue weighted by molar-refractivity contribution is -0.138. The van der Waals surface area contributed by atoms with Crippen LogP contribution in [0.3, 0.4) is 0 Å². The third-order valence-corrected chi connectivity index (χ3v) is 4.23. The molecular formula is C20H12ClF6NO. The summed E-state index contributed by atoms with van der Waals surface area (Å²) in [5.41, 5.74) is 2.81. The van der Waals surface area contributed by atoms with Crippen LogP contribution in [-0.4, -0.2) is 0 Å². The van der Waals surface area contributed by atoms with Gasteiger partial charge < -0.3 is 10.5 Å². The van der Waals surface area contributed by atoms with E-state index in [1.807, 2.05) is 0 Å². The molecule has 0 saturated heterocycles. The molecule has 3 aromatic carbocycles. The number of para-hydroxylation sites is 1. The monoisotopic (exact) mass is 431 g/mol. The molecule has 0 spiro atoms. The van der Waals surface area contributed by atoms with Gasteiger partial charge in [0, 0.05) is 16.3 Å². The molecule has 0 radical (unpaired) electrons. The molecule has 2 nitrogen and oxygen atoms in total. The van der Waals surface area contributed by atoms with Crippen LogP contribution in [0.2, 0.25) is 5.02 Å². The van der Waals surface area contributed by atoms with Crippen molar-refractivity contribution in [3.05, 3.63) is 76.8 Å². The highest BCUT2D eigenvalue weighted by Crippen LogP contribution is 2.44. The van der Waals surface area contributed by atoms with Crippen LogP contribution in [0.4, 0.5) is 32.0 Å². The van der Waals surface area contributed by atoms with Crippen molar-refractivity contribution in [2.75, 3.05) is 5.73 Å². The van der Waals surface area contributed by atoms with Crippen LogP contribution in [0.5, 0.6) is 11.5 Å². The van der Waals surface area contributed by atoms with Gasteiger partial charge in [-0.2, -0.15) is 26.3 Å². The van der Waals surface area contributed by atoms with Crippen LogP contribution in [0.15, 0.2) is 60.7 Å². The second kappa shape index (κ2) is 7.51. The largest absolute Gasteiger partial charge is 0.456 e. The first-order valence-corrected chi connectivity index (χ1v) is 8.45. The van der Waals surface area contributed by atoms with Gasteiger partial charge in [-0.1, -0.05) is 35.9 Å². The summed E-state index contributed by atoms with van der Waals surface area (Å²) in [5.74, 6) is -0.766. The Kier molecular flexibility index (Phi) is 5.40. The number of rotatable bonds is 3. The maximum absolute atomic E-state index is 13.5. The number of anilines is 1. The van der Waals surface area contributed by atoms with Crippen LogP contribution in [-0.2, 0) is 12.4 Å². The summed E-state index contributed by atoms with van der Waals surface area (Å²) < 4.78 is 85.8. The van der Waals surface area contributed by atoms with Crippen LogP contribution >= 0.6 is 11.6 Å². The molecule has 3 rings (SSSR count). The van der Waals surface area contributed by atoms with Crippen molar-refractivity contribution in [1.82, 2.24) is 0 Å². The summed E-state index contributed by atoms with van der Waals surface area (Å²) >= 11 is 5.70. The Morgan fingerprint density at radius 1 is 0.690 bits per heavy atom. The molecule has 0 aliphatic rings. The van der Waals surface area contributed by atoms with E-state index in [0.29, 0.717) is 6.07 Å². The summed E-state index contributed by atoms with van der Waals surface area (Å²) in [7, 11) is 0.